The van der Waals surface area contributed by atoms with E-state index < -0.39 is 17.3 Å². The largest absolute Gasteiger partial charge is 0.480 e. The molecular weight excluding hydrogens is 286 g/mol. The normalized spacial score (nSPS) is 11.0. The summed E-state index contributed by atoms with van der Waals surface area (Å²) in [6, 6.07) is 7.45. The molecule has 0 saturated carbocycles. The lowest BCUT2D eigenvalue weighted by atomic mass is 9.92. The summed E-state index contributed by atoms with van der Waals surface area (Å²) >= 11 is 3.36. The van der Waals surface area contributed by atoms with Crippen molar-refractivity contribution in [2.24, 2.45) is 5.41 Å². The van der Waals surface area contributed by atoms with Crippen molar-refractivity contribution in [2.45, 2.75) is 20.4 Å². The number of carbonyl (C=O) groups excluding carboxylic acids is 1. The van der Waals surface area contributed by atoms with Crippen molar-refractivity contribution < 1.29 is 14.7 Å². The van der Waals surface area contributed by atoms with Crippen LogP contribution in [0.1, 0.15) is 19.4 Å². The van der Waals surface area contributed by atoms with E-state index in [1.165, 1.54) is 13.8 Å². The molecule has 0 aliphatic heterocycles. The van der Waals surface area contributed by atoms with Crippen LogP contribution >= 0.6 is 15.9 Å². The van der Waals surface area contributed by atoms with Crippen molar-refractivity contribution in [2.75, 3.05) is 0 Å². The van der Waals surface area contributed by atoms with Crippen LogP contribution in [-0.2, 0) is 16.1 Å². The fourth-order valence-corrected chi connectivity index (χ4v) is 1.56. The number of carboxylic acids is 1. The molecule has 0 radical (unpaired) electrons. The van der Waals surface area contributed by atoms with Gasteiger partial charge in [0.15, 0.2) is 0 Å². The summed E-state index contributed by atoms with van der Waals surface area (Å²) in [6.45, 7) is 3.06. The maximum Gasteiger partial charge on any atom is 0.318 e. The molecule has 1 aromatic rings. The molecule has 0 unspecified atom stereocenters. The Balaban J connectivity index is 2.67. The Morgan fingerprint density at radius 2 is 1.94 bits per heavy atom. The molecule has 0 atom stereocenters. The third kappa shape index (κ3) is 3.30. The van der Waals surface area contributed by atoms with Crippen molar-refractivity contribution in [1.29, 1.82) is 0 Å². The molecule has 17 heavy (non-hydrogen) atoms. The van der Waals surface area contributed by atoms with Gasteiger partial charge in [0.05, 0.1) is 0 Å². The fraction of sp³-hybridized carbons (Fsp3) is 0.333. The number of hydrogen-bond donors (Lipinski definition) is 2. The van der Waals surface area contributed by atoms with Gasteiger partial charge in [0.2, 0.25) is 5.91 Å². The van der Waals surface area contributed by atoms with Gasteiger partial charge in [-0.1, -0.05) is 34.1 Å². The summed E-state index contributed by atoms with van der Waals surface area (Å²) < 4.78 is 0.883. The molecule has 1 aromatic carbocycles. The number of halogens is 1. The quantitative estimate of drug-likeness (QED) is 0.838. The number of amides is 1. The number of carboxylic acid groups (broad SMARTS) is 1. The van der Waals surface area contributed by atoms with Crippen molar-refractivity contribution in [3.8, 4) is 0 Å². The number of rotatable bonds is 4. The maximum atomic E-state index is 11.7. The van der Waals surface area contributed by atoms with E-state index in [4.69, 9.17) is 5.11 Å². The van der Waals surface area contributed by atoms with Crippen LogP contribution in [0.2, 0.25) is 0 Å². The highest BCUT2D eigenvalue weighted by molar-refractivity contribution is 9.10. The first kappa shape index (κ1) is 13.7. The summed E-state index contributed by atoms with van der Waals surface area (Å²) in [5, 5.41) is 11.5. The molecule has 0 fully saturated rings. The lowest BCUT2D eigenvalue weighted by molar-refractivity contribution is -0.153. The average Bonchev–Trinajstić information content (AvgIpc) is 2.27. The first-order valence-electron chi connectivity index (χ1n) is 5.11. The van der Waals surface area contributed by atoms with Crippen LogP contribution in [0, 0.1) is 5.41 Å². The van der Waals surface area contributed by atoms with Crippen molar-refractivity contribution in [3.63, 3.8) is 0 Å². The molecule has 0 aliphatic carbocycles. The van der Waals surface area contributed by atoms with E-state index in [9.17, 15) is 9.59 Å². The molecule has 2 N–H and O–H groups in total. The van der Waals surface area contributed by atoms with Gasteiger partial charge in [0.25, 0.3) is 0 Å². The highest BCUT2D eigenvalue weighted by Crippen LogP contribution is 2.18. The van der Waals surface area contributed by atoms with Crippen LogP contribution in [0.15, 0.2) is 28.7 Å². The van der Waals surface area contributed by atoms with E-state index in [0.29, 0.717) is 6.54 Å². The third-order valence-corrected chi connectivity index (χ3v) is 3.27. The Labute approximate surface area is 108 Å². The van der Waals surface area contributed by atoms with E-state index in [0.717, 1.165) is 10.0 Å². The van der Waals surface area contributed by atoms with Gasteiger partial charge in [-0.3, -0.25) is 9.59 Å². The van der Waals surface area contributed by atoms with Gasteiger partial charge >= 0.3 is 5.97 Å². The first-order valence-corrected chi connectivity index (χ1v) is 5.90. The minimum atomic E-state index is -1.42. The summed E-state index contributed by atoms with van der Waals surface area (Å²) in [5.41, 5.74) is -0.511. The minimum Gasteiger partial charge on any atom is -0.480 e. The zero-order valence-corrected chi connectivity index (χ0v) is 11.2. The Morgan fingerprint density at radius 1 is 1.35 bits per heavy atom. The molecule has 0 aromatic heterocycles. The van der Waals surface area contributed by atoms with Crippen molar-refractivity contribution in [1.82, 2.24) is 5.32 Å². The third-order valence-electron chi connectivity index (χ3n) is 2.50. The summed E-state index contributed by atoms with van der Waals surface area (Å²) in [4.78, 5) is 22.6. The van der Waals surface area contributed by atoms with Gasteiger partial charge in [0, 0.05) is 11.0 Å². The second kappa shape index (κ2) is 5.31. The Hall–Kier alpha value is -1.36. The lowest BCUT2D eigenvalue weighted by Gasteiger charge is -2.18. The first-order chi connectivity index (χ1) is 7.85. The van der Waals surface area contributed by atoms with E-state index in [-0.39, 0.29) is 0 Å². The number of aliphatic carboxylic acids is 1. The SMILES string of the molecule is CC(C)(C(=O)O)C(=O)NCc1ccccc1Br. The van der Waals surface area contributed by atoms with E-state index in [1.54, 1.807) is 0 Å². The number of benzene rings is 1. The van der Waals surface area contributed by atoms with Gasteiger partial charge in [-0.15, -0.1) is 0 Å². The predicted molar refractivity (Wildman–Crippen MR) is 67.4 cm³/mol. The standard InChI is InChI=1S/C12H14BrNO3/c1-12(2,11(16)17)10(15)14-7-8-5-3-4-6-9(8)13/h3-6H,7H2,1-2H3,(H,14,15)(H,16,17). The van der Waals surface area contributed by atoms with Gasteiger partial charge in [-0.25, -0.2) is 0 Å². The number of hydrogen-bond acceptors (Lipinski definition) is 2. The zero-order valence-electron chi connectivity index (χ0n) is 9.66. The van der Waals surface area contributed by atoms with Crippen LogP contribution in [0.5, 0.6) is 0 Å². The summed E-state index contributed by atoms with van der Waals surface area (Å²) in [6.07, 6.45) is 0. The number of nitrogens with one attached hydrogen (secondary N) is 1. The molecule has 0 aliphatic rings. The van der Waals surface area contributed by atoms with Crippen molar-refractivity contribution >= 4 is 27.8 Å². The fourth-order valence-electron chi connectivity index (χ4n) is 1.14. The van der Waals surface area contributed by atoms with Gasteiger partial charge in [0.1, 0.15) is 5.41 Å². The van der Waals surface area contributed by atoms with Crippen LogP contribution < -0.4 is 5.32 Å². The molecule has 0 heterocycles. The average molecular weight is 300 g/mol. The van der Waals surface area contributed by atoms with Crippen LogP contribution in [0.25, 0.3) is 0 Å². The lowest BCUT2D eigenvalue weighted by Crippen LogP contribution is -2.42. The topological polar surface area (TPSA) is 66.4 Å². The van der Waals surface area contributed by atoms with Gasteiger partial charge in [-0.05, 0) is 25.5 Å². The maximum absolute atomic E-state index is 11.7. The second-order valence-corrected chi connectivity index (χ2v) is 5.06. The molecule has 0 spiro atoms. The molecule has 0 saturated heterocycles. The molecular formula is C12H14BrNO3. The van der Waals surface area contributed by atoms with Gasteiger partial charge in [-0.2, -0.15) is 0 Å². The molecule has 5 heteroatoms. The molecule has 0 bridgehead atoms. The Kier molecular flexibility index (Phi) is 4.28. The van der Waals surface area contributed by atoms with Crippen LogP contribution in [0.3, 0.4) is 0 Å². The van der Waals surface area contributed by atoms with E-state index in [2.05, 4.69) is 21.2 Å². The van der Waals surface area contributed by atoms with Crippen LogP contribution in [0.4, 0.5) is 0 Å². The van der Waals surface area contributed by atoms with Crippen LogP contribution in [-0.4, -0.2) is 17.0 Å². The second-order valence-electron chi connectivity index (χ2n) is 4.20. The van der Waals surface area contributed by atoms with Crippen molar-refractivity contribution in [3.05, 3.63) is 34.3 Å². The molecule has 92 valence electrons. The van der Waals surface area contributed by atoms with E-state index in [1.807, 2.05) is 24.3 Å². The molecule has 1 amide bonds. The monoisotopic (exact) mass is 299 g/mol. The van der Waals surface area contributed by atoms with Gasteiger partial charge < -0.3 is 10.4 Å². The highest BCUT2D eigenvalue weighted by atomic mass is 79.9. The molecule has 4 nitrogen and oxygen atoms in total. The smallest absolute Gasteiger partial charge is 0.318 e. The summed E-state index contributed by atoms with van der Waals surface area (Å²) in [5.74, 6) is -1.64. The zero-order chi connectivity index (χ0) is 13.1. The number of carbonyl (C=O) groups is 2. The minimum absolute atomic E-state index is 0.303. The van der Waals surface area contributed by atoms with E-state index >= 15 is 0 Å². The summed E-state index contributed by atoms with van der Waals surface area (Å²) in [7, 11) is 0. The molecule has 1 rings (SSSR count). The predicted octanol–water partition coefficient (Wildman–Crippen LogP) is 2.18. The Morgan fingerprint density at radius 3 is 2.47 bits per heavy atom. The Bertz CT molecular complexity index is 443. The highest BCUT2D eigenvalue weighted by Gasteiger charge is 2.35.